The second-order valence-corrected chi connectivity index (χ2v) is 4.24. The maximum absolute atomic E-state index is 5.55. The van der Waals surface area contributed by atoms with Crippen molar-refractivity contribution in [3.63, 3.8) is 0 Å². The van der Waals surface area contributed by atoms with E-state index >= 15 is 0 Å². The predicted molar refractivity (Wildman–Crippen MR) is 55.6 cm³/mol. The molecule has 0 atom stereocenters. The molecule has 2 saturated heterocycles. The van der Waals surface area contributed by atoms with E-state index in [0.717, 1.165) is 45.2 Å². The van der Waals surface area contributed by atoms with Crippen molar-refractivity contribution < 1.29 is 9.15 Å². The number of rotatable bonds is 2. The molecule has 0 spiro atoms. The molecule has 1 aromatic rings. The first-order chi connectivity index (χ1) is 7.42. The Morgan fingerprint density at radius 3 is 2.60 bits per heavy atom. The fourth-order valence-corrected chi connectivity index (χ4v) is 2.41. The SMILES string of the molecule is c1coc(C2(N3CCNCC3)COC2)c1. The minimum atomic E-state index is 0.0194. The van der Waals surface area contributed by atoms with E-state index in [2.05, 4.69) is 16.3 Å². The minimum Gasteiger partial charge on any atom is -0.467 e. The van der Waals surface area contributed by atoms with Gasteiger partial charge in [0.2, 0.25) is 0 Å². The lowest BCUT2D eigenvalue weighted by Gasteiger charge is -2.49. The Kier molecular flexibility index (Phi) is 2.27. The van der Waals surface area contributed by atoms with Crippen LogP contribution in [0.4, 0.5) is 0 Å². The maximum atomic E-state index is 5.55. The molecule has 0 aromatic carbocycles. The topological polar surface area (TPSA) is 37.6 Å². The second kappa shape index (κ2) is 3.63. The van der Waals surface area contributed by atoms with Gasteiger partial charge in [-0.05, 0) is 12.1 Å². The number of hydrogen-bond donors (Lipinski definition) is 1. The molecule has 15 heavy (non-hydrogen) atoms. The summed E-state index contributed by atoms with van der Waals surface area (Å²) in [5, 5.41) is 3.37. The lowest BCUT2D eigenvalue weighted by molar-refractivity contribution is -0.158. The maximum Gasteiger partial charge on any atom is 0.128 e. The van der Waals surface area contributed by atoms with Crippen LogP contribution in [0.3, 0.4) is 0 Å². The average Bonchev–Trinajstić information content (AvgIpc) is 2.72. The number of nitrogens with one attached hydrogen (secondary N) is 1. The molecule has 0 radical (unpaired) electrons. The third-order valence-corrected chi connectivity index (χ3v) is 3.38. The van der Waals surface area contributed by atoms with Crippen LogP contribution in [0.5, 0.6) is 0 Å². The zero-order valence-electron chi connectivity index (χ0n) is 8.74. The van der Waals surface area contributed by atoms with E-state index in [9.17, 15) is 0 Å². The Balaban J connectivity index is 1.85. The van der Waals surface area contributed by atoms with Crippen LogP contribution in [0.15, 0.2) is 22.8 Å². The summed E-state index contributed by atoms with van der Waals surface area (Å²) in [4.78, 5) is 2.48. The highest BCUT2D eigenvalue weighted by Crippen LogP contribution is 2.36. The quantitative estimate of drug-likeness (QED) is 0.764. The van der Waals surface area contributed by atoms with Crippen molar-refractivity contribution in [2.45, 2.75) is 5.54 Å². The molecular weight excluding hydrogens is 192 g/mol. The van der Waals surface area contributed by atoms with Crippen molar-refractivity contribution in [3.05, 3.63) is 24.2 Å². The van der Waals surface area contributed by atoms with Gasteiger partial charge in [0.1, 0.15) is 11.3 Å². The van der Waals surface area contributed by atoms with Crippen LogP contribution >= 0.6 is 0 Å². The molecule has 3 rings (SSSR count). The molecule has 4 heteroatoms. The van der Waals surface area contributed by atoms with Gasteiger partial charge in [-0.1, -0.05) is 0 Å². The van der Waals surface area contributed by atoms with Gasteiger partial charge in [-0.2, -0.15) is 0 Å². The molecule has 0 saturated carbocycles. The van der Waals surface area contributed by atoms with Crippen LogP contribution in [-0.2, 0) is 10.3 Å². The van der Waals surface area contributed by atoms with Crippen LogP contribution in [0.1, 0.15) is 5.76 Å². The smallest absolute Gasteiger partial charge is 0.128 e. The monoisotopic (exact) mass is 208 g/mol. The number of nitrogens with zero attached hydrogens (tertiary/aromatic N) is 1. The first-order valence-corrected chi connectivity index (χ1v) is 5.49. The van der Waals surface area contributed by atoms with Crippen molar-refractivity contribution in [1.29, 1.82) is 0 Å². The fourth-order valence-electron chi connectivity index (χ4n) is 2.41. The predicted octanol–water partition coefficient (Wildman–Crippen LogP) is 0.410. The van der Waals surface area contributed by atoms with Crippen molar-refractivity contribution in [3.8, 4) is 0 Å². The van der Waals surface area contributed by atoms with Crippen LogP contribution in [-0.4, -0.2) is 44.3 Å². The van der Waals surface area contributed by atoms with Crippen molar-refractivity contribution in [1.82, 2.24) is 10.2 Å². The molecule has 0 unspecified atom stereocenters. The Morgan fingerprint density at radius 2 is 2.07 bits per heavy atom. The highest BCUT2D eigenvalue weighted by atomic mass is 16.5. The number of ether oxygens (including phenoxy) is 1. The van der Waals surface area contributed by atoms with Crippen molar-refractivity contribution in [2.75, 3.05) is 39.4 Å². The zero-order chi connectivity index (χ0) is 10.1. The van der Waals surface area contributed by atoms with Gasteiger partial charge in [-0.15, -0.1) is 0 Å². The van der Waals surface area contributed by atoms with E-state index < -0.39 is 0 Å². The average molecular weight is 208 g/mol. The molecule has 1 N–H and O–H groups in total. The normalized spacial score (nSPS) is 26.1. The molecule has 0 bridgehead atoms. The third kappa shape index (κ3) is 1.40. The van der Waals surface area contributed by atoms with Gasteiger partial charge in [0.15, 0.2) is 0 Å². The van der Waals surface area contributed by atoms with Gasteiger partial charge in [0, 0.05) is 26.2 Å². The van der Waals surface area contributed by atoms with Gasteiger partial charge in [0.05, 0.1) is 19.5 Å². The standard InChI is InChI=1S/C11H16N2O2/c1-2-10(15-7-1)11(8-14-9-11)13-5-3-12-4-6-13/h1-2,7,12H,3-6,8-9H2. The molecule has 0 aliphatic carbocycles. The highest BCUT2D eigenvalue weighted by Gasteiger charge is 2.48. The van der Waals surface area contributed by atoms with Gasteiger partial charge in [-0.3, -0.25) is 4.90 Å². The second-order valence-electron chi connectivity index (χ2n) is 4.24. The molecule has 2 aliphatic rings. The molecule has 2 aliphatic heterocycles. The molecule has 82 valence electrons. The summed E-state index contributed by atoms with van der Waals surface area (Å²) in [7, 11) is 0. The van der Waals surface area contributed by atoms with Gasteiger partial charge in [0.25, 0.3) is 0 Å². The van der Waals surface area contributed by atoms with Crippen molar-refractivity contribution >= 4 is 0 Å². The van der Waals surface area contributed by atoms with Crippen LogP contribution in [0.2, 0.25) is 0 Å². The van der Waals surface area contributed by atoms with Crippen molar-refractivity contribution in [2.24, 2.45) is 0 Å². The summed E-state index contributed by atoms with van der Waals surface area (Å²) < 4.78 is 10.9. The summed E-state index contributed by atoms with van der Waals surface area (Å²) >= 11 is 0. The molecule has 1 aromatic heterocycles. The van der Waals surface area contributed by atoms with Gasteiger partial charge in [-0.25, -0.2) is 0 Å². The lowest BCUT2D eigenvalue weighted by Crippen LogP contribution is -2.63. The summed E-state index contributed by atoms with van der Waals surface area (Å²) in [6.45, 7) is 5.79. The zero-order valence-corrected chi connectivity index (χ0v) is 8.74. The first-order valence-electron chi connectivity index (χ1n) is 5.49. The highest BCUT2D eigenvalue weighted by molar-refractivity contribution is 5.17. The number of furan rings is 1. The van der Waals surface area contributed by atoms with Crippen LogP contribution in [0, 0.1) is 0 Å². The molecule has 0 amide bonds. The lowest BCUT2D eigenvalue weighted by atomic mass is 9.91. The third-order valence-electron chi connectivity index (χ3n) is 3.38. The van der Waals surface area contributed by atoms with Gasteiger partial charge >= 0.3 is 0 Å². The van der Waals surface area contributed by atoms with Crippen LogP contribution in [0.25, 0.3) is 0 Å². The molecular formula is C11H16N2O2. The minimum absolute atomic E-state index is 0.0194. The number of piperazine rings is 1. The molecule has 4 nitrogen and oxygen atoms in total. The summed E-state index contributed by atoms with van der Waals surface area (Å²) in [5.41, 5.74) is 0.0194. The van der Waals surface area contributed by atoms with Crippen LogP contribution < -0.4 is 5.32 Å². The largest absolute Gasteiger partial charge is 0.467 e. The number of hydrogen-bond acceptors (Lipinski definition) is 4. The van der Waals surface area contributed by atoms with E-state index in [0.29, 0.717) is 0 Å². The van der Waals surface area contributed by atoms with E-state index in [1.165, 1.54) is 0 Å². The Labute approximate surface area is 89.2 Å². The summed E-state index contributed by atoms with van der Waals surface area (Å²) in [6, 6.07) is 4.02. The summed E-state index contributed by atoms with van der Waals surface area (Å²) in [6.07, 6.45) is 1.75. The molecule has 2 fully saturated rings. The fraction of sp³-hybridized carbons (Fsp3) is 0.636. The summed E-state index contributed by atoms with van der Waals surface area (Å²) in [5.74, 6) is 1.05. The van der Waals surface area contributed by atoms with Gasteiger partial charge < -0.3 is 14.5 Å². The van der Waals surface area contributed by atoms with E-state index in [1.54, 1.807) is 6.26 Å². The van der Waals surface area contributed by atoms with E-state index in [1.807, 2.05) is 6.07 Å². The first kappa shape index (κ1) is 9.39. The Hall–Kier alpha value is -0.840. The van der Waals surface area contributed by atoms with E-state index in [-0.39, 0.29) is 5.54 Å². The van der Waals surface area contributed by atoms with E-state index in [4.69, 9.17) is 9.15 Å². The molecule has 3 heterocycles. The Bertz CT molecular complexity index is 313. The Morgan fingerprint density at radius 1 is 1.27 bits per heavy atom.